The second-order valence-electron chi connectivity index (χ2n) is 5.50. The van der Waals surface area contributed by atoms with Gasteiger partial charge in [-0.1, -0.05) is 44.2 Å². The van der Waals surface area contributed by atoms with Crippen molar-refractivity contribution in [3.8, 4) is 5.75 Å². The number of aryl methyl sites for hydroxylation is 1. The Morgan fingerprint density at radius 2 is 1.81 bits per heavy atom. The summed E-state index contributed by atoms with van der Waals surface area (Å²) < 4.78 is 11.4. The zero-order valence-corrected chi connectivity index (χ0v) is 12.9. The number of benzene rings is 2. The summed E-state index contributed by atoms with van der Waals surface area (Å²) in [7, 11) is 0. The van der Waals surface area contributed by atoms with E-state index in [4.69, 9.17) is 15.2 Å². The topological polar surface area (TPSA) is 44.5 Å². The maximum absolute atomic E-state index is 5.97. The van der Waals surface area contributed by atoms with E-state index in [0.29, 0.717) is 12.5 Å². The molecule has 0 atom stereocenters. The van der Waals surface area contributed by atoms with Crippen molar-refractivity contribution in [3.63, 3.8) is 0 Å². The molecule has 3 heteroatoms. The van der Waals surface area contributed by atoms with Crippen LogP contribution in [0.1, 0.15) is 36.5 Å². The Bertz CT molecular complexity index is 579. The van der Waals surface area contributed by atoms with Crippen molar-refractivity contribution in [1.29, 1.82) is 0 Å². The van der Waals surface area contributed by atoms with Crippen molar-refractivity contribution in [2.45, 2.75) is 33.3 Å². The van der Waals surface area contributed by atoms with E-state index in [1.54, 1.807) is 0 Å². The zero-order chi connectivity index (χ0) is 15.2. The molecule has 0 aromatic heterocycles. The van der Waals surface area contributed by atoms with E-state index in [9.17, 15) is 0 Å². The number of nitrogens with two attached hydrogens (primary N) is 1. The van der Waals surface area contributed by atoms with Gasteiger partial charge >= 0.3 is 0 Å². The Kier molecular flexibility index (Phi) is 5.23. The van der Waals surface area contributed by atoms with E-state index in [0.717, 1.165) is 28.1 Å². The molecule has 0 spiro atoms. The lowest BCUT2D eigenvalue weighted by Gasteiger charge is -2.16. The van der Waals surface area contributed by atoms with Crippen LogP contribution in [0.25, 0.3) is 0 Å². The lowest BCUT2D eigenvalue weighted by Crippen LogP contribution is -2.06. The van der Waals surface area contributed by atoms with Crippen LogP contribution in [-0.2, 0) is 11.3 Å². The fraction of sp³-hybridized carbons (Fsp3) is 0.333. The first-order chi connectivity index (χ1) is 10.1. The van der Waals surface area contributed by atoms with Gasteiger partial charge in [0.25, 0.3) is 0 Å². The molecule has 2 aromatic carbocycles. The van der Waals surface area contributed by atoms with Crippen molar-refractivity contribution >= 4 is 5.69 Å². The fourth-order valence-electron chi connectivity index (χ4n) is 2.13. The summed E-state index contributed by atoms with van der Waals surface area (Å²) in [5.41, 5.74) is 10.0. The van der Waals surface area contributed by atoms with Gasteiger partial charge < -0.3 is 15.2 Å². The Morgan fingerprint density at radius 1 is 1.10 bits per heavy atom. The average Bonchev–Trinajstić information content (AvgIpc) is 2.47. The molecule has 0 radical (unpaired) electrons. The molecule has 0 amide bonds. The molecule has 0 saturated carbocycles. The van der Waals surface area contributed by atoms with E-state index >= 15 is 0 Å². The number of nitrogen functional groups attached to an aromatic ring is 1. The fourth-order valence-corrected chi connectivity index (χ4v) is 2.13. The van der Waals surface area contributed by atoms with Gasteiger partial charge in [0.1, 0.15) is 5.75 Å². The van der Waals surface area contributed by atoms with Crippen LogP contribution >= 0.6 is 0 Å². The van der Waals surface area contributed by atoms with Crippen LogP contribution in [0.2, 0.25) is 0 Å². The summed E-state index contributed by atoms with van der Waals surface area (Å²) in [6, 6.07) is 14.0. The van der Waals surface area contributed by atoms with Gasteiger partial charge in [-0.05, 0) is 41.7 Å². The summed E-state index contributed by atoms with van der Waals surface area (Å²) >= 11 is 0. The van der Waals surface area contributed by atoms with E-state index in [1.165, 1.54) is 0 Å². The molecule has 21 heavy (non-hydrogen) atoms. The van der Waals surface area contributed by atoms with Crippen LogP contribution in [0.5, 0.6) is 5.75 Å². The maximum atomic E-state index is 5.97. The van der Waals surface area contributed by atoms with Gasteiger partial charge in [-0.25, -0.2) is 0 Å². The highest BCUT2D eigenvalue weighted by Crippen LogP contribution is 2.30. The molecule has 2 rings (SSSR count). The molecule has 0 aliphatic rings. The zero-order valence-electron chi connectivity index (χ0n) is 12.9. The number of hydrogen-bond acceptors (Lipinski definition) is 3. The summed E-state index contributed by atoms with van der Waals surface area (Å²) in [5, 5.41) is 0. The van der Waals surface area contributed by atoms with Gasteiger partial charge in [0, 0.05) is 5.69 Å². The predicted octanol–water partition coefficient (Wildman–Crippen LogP) is 4.25. The highest BCUT2D eigenvalue weighted by atomic mass is 16.7. The van der Waals surface area contributed by atoms with Crippen molar-refractivity contribution in [1.82, 2.24) is 0 Å². The minimum Gasteiger partial charge on any atom is -0.467 e. The number of hydrogen-bond donors (Lipinski definition) is 1. The first kappa shape index (κ1) is 15.4. The normalized spacial score (nSPS) is 10.9. The second kappa shape index (κ2) is 7.14. The van der Waals surface area contributed by atoms with Crippen molar-refractivity contribution in [2.75, 3.05) is 12.5 Å². The molecule has 0 aliphatic heterocycles. The molecule has 0 aliphatic carbocycles. The maximum Gasteiger partial charge on any atom is 0.189 e. The molecule has 2 aromatic rings. The first-order valence-electron chi connectivity index (χ1n) is 7.22. The minimum absolute atomic E-state index is 0.234. The largest absolute Gasteiger partial charge is 0.467 e. The second-order valence-corrected chi connectivity index (χ2v) is 5.50. The van der Waals surface area contributed by atoms with Crippen LogP contribution in [0.4, 0.5) is 5.69 Å². The average molecular weight is 285 g/mol. The molecular weight excluding hydrogens is 262 g/mol. The SMILES string of the molecule is Cc1cc(OCOCc2ccccc2)c(C(C)C)cc1N. The Morgan fingerprint density at radius 3 is 2.48 bits per heavy atom. The molecule has 3 nitrogen and oxygen atoms in total. The number of ether oxygens (including phenoxy) is 2. The monoisotopic (exact) mass is 285 g/mol. The third kappa shape index (κ3) is 4.23. The van der Waals surface area contributed by atoms with Gasteiger partial charge in [-0.15, -0.1) is 0 Å². The van der Waals surface area contributed by atoms with Gasteiger partial charge in [0.05, 0.1) is 6.61 Å². The highest BCUT2D eigenvalue weighted by molar-refractivity contribution is 5.55. The van der Waals surface area contributed by atoms with Gasteiger partial charge in [0.2, 0.25) is 0 Å². The van der Waals surface area contributed by atoms with E-state index < -0.39 is 0 Å². The summed E-state index contributed by atoms with van der Waals surface area (Å²) in [6.45, 7) is 7.02. The van der Waals surface area contributed by atoms with E-state index in [-0.39, 0.29) is 6.79 Å². The van der Waals surface area contributed by atoms with Gasteiger partial charge in [0.15, 0.2) is 6.79 Å². The summed E-state index contributed by atoms with van der Waals surface area (Å²) in [5.74, 6) is 1.21. The summed E-state index contributed by atoms with van der Waals surface area (Å²) in [6.07, 6.45) is 0. The lowest BCUT2D eigenvalue weighted by molar-refractivity contribution is 0.00442. The number of anilines is 1. The van der Waals surface area contributed by atoms with Crippen molar-refractivity contribution in [3.05, 3.63) is 59.2 Å². The van der Waals surface area contributed by atoms with Crippen LogP contribution in [0.3, 0.4) is 0 Å². The molecule has 112 valence electrons. The van der Waals surface area contributed by atoms with Crippen LogP contribution in [-0.4, -0.2) is 6.79 Å². The minimum atomic E-state index is 0.234. The highest BCUT2D eigenvalue weighted by Gasteiger charge is 2.10. The number of rotatable bonds is 6. The van der Waals surface area contributed by atoms with Gasteiger partial charge in [-0.2, -0.15) is 0 Å². The molecular formula is C18H23NO2. The molecule has 2 N–H and O–H groups in total. The standard InChI is InChI=1S/C18H23NO2/c1-13(2)16-10-17(19)14(3)9-18(16)21-12-20-11-15-7-5-4-6-8-15/h4-10,13H,11-12,19H2,1-3H3. The predicted molar refractivity (Wildman–Crippen MR) is 86.4 cm³/mol. The van der Waals surface area contributed by atoms with E-state index in [2.05, 4.69) is 13.8 Å². The first-order valence-corrected chi connectivity index (χ1v) is 7.22. The third-order valence-corrected chi connectivity index (χ3v) is 3.43. The smallest absolute Gasteiger partial charge is 0.189 e. The molecule has 0 heterocycles. The Hall–Kier alpha value is -2.00. The third-order valence-electron chi connectivity index (χ3n) is 3.43. The molecule has 0 fully saturated rings. The Labute approximate surface area is 126 Å². The molecule has 0 bridgehead atoms. The van der Waals surface area contributed by atoms with Crippen molar-refractivity contribution in [2.24, 2.45) is 0 Å². The molecule has 0 saturated heterocycles. The van der Waals surface area contributed by atoms with E-state index in [1.807, 2.05) is 49.4 Å². The summed E-state index contributed by atoms with van der Waals surface area (Å²) in [4.78, 5) is 0. The lowest BCUT2D eigenvalue weighted by atomic mass is 9.99. The van der Waals surface area contributed by atoms with Crippen LogP contribution in [0.15, 0.2) is 42.5 Å². The van der Waals surface area contributed by atoms with Gasteiger partial charge in [-0.3, -0.25) is 0 Å². The van der Waals surface area contributed by atoms with Crippen molar-refractivity contribution < 1.29 is 9.47 Å². The van der Waals surface area contributed by atoms with Crippen LogP contribution in [0, 0.1) is 6.92 Å². The van der Waals surface area contributed by atoms with Crippen LogP contribution < -0.4 is 10.5 Å². The Balaban J connectivity index is 1.95. The quantitative estimate of drug-likeness (QED) is 0.490. The molecule has 0 unspecified atom stereocenters.